The number of nitrogens with one attached hydrogen (secondary N) is 1. The third kappa shape index (κ3) is 2.07. The minimum absolute atomic E-state index is 0.0690. The summed E-state index contributed by atoms with van der Waals surface area (Å²) in [5.41, 5.74) is 2.50. The lowest BCUT2D eigenvalue weighted by molar-refractivity contribution is -0.121. The molecule has 5 atom stereocenters. The van der Waals surface area contributed by atoms with Gasteiger partial charge in [0.15, 0.2) is 6.23 Å². The van der Waals surface area contributed by atoms with Crippen molar-refractivity contribution in [3.05, 3.63) is 41.5 Å². The zero-order valence-corrected chi connectivity index (χ0v) is 13.6. The van der Waals surface area contributed by atoms with Crippen molar-refractivity contribution in [3.8, 4) is 0 Å². The highest BCUT2D eigenvalue weighted by molar-refractivity contribution is 5.99. The van der Waals surface area contributed by atoms with Crippen LogP contribution in [0.3, 0.4) is 0 Å². The summed E-state index contributed by atoms with van der Waals surface area (Å²) < 4.78 is 6.15. The van der Waals surface area contributed by atoms with Crippen LogP contribution >= 0.6 is 0 Å². The van der Waals surface area contributed by atoms with Crippen LogP contribution in [0.15, 0.2) is 35.9 Å². The molecule has 0 bridgehead atoms. The number of aliphatic hydroxyl groups is 1. The Balaban J connectivity index is 1.69. The highest BCUT2D eigenvalue weighted by Gasteiger charge is 2.63. The van der Waals surface area contributed by atoms with Crippen molar-refractivity contribution in [3.63, 3.8) is 0 Å². The first-order valence-corrected chi connectivity index (χ1v) is 8.08. The van der Waals surface area contributed by atoms with E-state index >= 15 is 0 Å². The molecule has 0 aromatic heterocycles. The third-order valence-corrected chi connectivity index (χ3v) is 5.25. The summed E-state index contributed by atoms with van der Waals surface area (Å²) in [7, 11) is 0. The van der Waals surface area contributed by atoms with Crippen molar-refractivity contribution in [2.24, 2.45) is 5.92 Å². The van der Waals surface area contributed by atoms with Crippen molar-refractivity contribution in [2.75, 3.05) is 11.4 Å². The molecule has 1 unspecified atom stereocenters. The van der Waals surface area contributed by atoms with Crippen LogP contribution in [0, 0.1) is 12.8 Å². The van der Waals surface area contributed by atoms with Crippen molar-refractivity contribution < 1.29 is 14.6 Å². The molecule has 3 aliphatic rings. The van der Waals surface area contributed by atoms with E-state index in [4.69, 9.17) is 4.74 Å². The molecule has 1 aromatic carbocycles. The van der Waals surface area contributed by atoms with Gasteiger partial charge in [-0.25, -0.2) is 0 Å². The summed E-state index contributed by atoms with van der Waals surface area (Å²) in [6, 6.07) is 7.52. The Morgan fingerprint density at radius 1 is 1.30 bits per heavy atom. The molecule has 0 saturated carbocycles. The fourth-order valence-corrected chi connectivity index (χ4v) is 4.20. The van der Waals surface area contributed by atoms with Gasteiger partial charge in [0.25, 0.3) is 0 Å². The van der Waals surface area contributed by atoms with Gasteiger partial charge in [-0.05, 0) is 32.9 Å². The minimum Gasteiger partial charge on any atom is -0.370 e. The number of amides is 1. The number of benzene rings is 1. The number of ether oxygens (including phenoxy) is 1. The Bertz CT molecular complexity index is 684. The van der Waals surface area contributed by atoms with Gasteiger partial charge < -0.3 is 15.2 Å². The Hall–Kier alpha value is -1.69. The lowest BCUT2D eigenvalue weighted by Gasteiger charge is -2.36. The third-order valence-electron chi connectivity index (χ3n) is 5.25. The zero-order valence-electron chi connectivity index (χ0n) is 13.6. The first kappa shape index (κ1) is 14.9. The van der Waals surface area contributed by atoms with Gasteiger partial charge in [-0.1, -0.05) is 29.3 Å². The summed E-state index contributed by atoms with van der Waals surface area (Å²) in [4.78, 5) is 14.5. The van der Waals surface area contributed by atoms with Gasteiger partial charge in [-0.15, -0.1) is 0 Å². The van der Waals surface area contributed by atoms with Crippen LogP contribution in [0.5, 0.6) is 0 Å². The van der Waals surface area contributed by atoms with Crippen LogP contribution in [-0.2, 0) is 9.53 Å². The molecule has 0 aliphatic carbocycles. The molecular weight excluding hydrogens is 292 g/mol. The molecule has 1 amide bonds. The number of carbonyl (C=O) groups excluding carboxylic acids is 1. The van der Waals surface area contributed by atoms with E-state index in [-0.39, 0.29) is 17.9 Å². The summed E-state index contributed by atoms with van der Waals surface area (Å²) in [6.07, 6.45) is 0.629. The van der Waals surface area contributed by atoms with E-state index in [0.717, 1.165) is 17.8 Å². The maximum atomic E-state index is 13.0. The largest absolute Gasteiger partial charge is 0.370 e. The maximum Gasteiger partial charge on any atom is 0.236 e. The second-order valence-corrected chi connectivity index (χ2v) is 7.10. The fraction of sp³-hybridized carbons (Fsp3) is 0.500. The van der Waals surface area contributed by atoms with Gasteiger partial charge in [0.05, 0.1) is 12.0 Å². The van der Waals surface area contributed by atoms with Gasteiger partial charge in [0, 0.05) is 12.2 Å². The van der Waals surface area contributed by atoms with Crippen molar-refractivity contribution in [1.29, 1.82) is 0 Å². The molecule has 3 heterocycles. The van der Waals surface area contributed by atoms with E-state index in [0.29, 0.717) is 0 Å². The number of nitrogens with zero attached hydrogens (tertiary/aromatic N) is 1. The second kappa shape index (κ2) is 4.90. The number of aliphatic hydroxyl groups excluding tert-OH is 1. The smallest absolute Gasteiger partial charge is 0.236 e. The average molecular weight is 314 g/mol. The molecule has 0 radical (unpaired) electrons. The van der Waals surface area contributed by atoms with Crippen molar-refractivity contribution in [2.45, 2.75) is 44.7 Å². The van der Waals surface area contributed by atoms with E-state index in [1.807, 2.05) is 45.0 Å². The predicted octanol–water partition coefficient (Wildman–Crippen LogP) is 1.35. The van der Waals surface area contributed by atoms with Crippen LogP contribution in [0.25, 0.3) is 0 Å². The number of fused-ring (bicyclic) bond motifs is 3. The molecular formula is C18H22N2O3. The number of aryl methyl sites for hydroxylation is 1. The standard InChI is InChI=1S/C18H22N2O3/c1-10-4-6-12(7-5-10)20-16(21)13-14(17(20)22)23-18(3)8-11(2)9-19-15(13)18/h4-8,13-15,17,19,22H,9H2,1-3H3/t13-,14-,15-,17?,18-/m0/s1. The van der Waals surface area contributed by atoms with Crippen LogP contribution < -0.4 is 10.2 Å². The van der Waals surface area contributed by atoms with Crippen LogP contribution in [0.2, 0.25) is 0 Å². The average Bonchev–Trinajstić information content (AvgIpc) is 2.92. The molecule has 122 valence electrons. The molecule has 23 heavy (non-hydrogen) atoms. The first-order chi connectivity index (χ1) is 10.9. The van der Waals surface area contributed by atoms with Crippen LogP contribution in [-0.4, -0.2) is 41.5 Å². The number of anilines is 1. The van der Waals surface area contributed by atoms with Gasteiger partial charge >= 0.3 is 0 Å². The van der Waals surface area contributed by atoms with Crippen molar-refractivity contribution in [1.82, 2.24) is 5.32 Å². The first-order valence-electron chi connectivity index (χ1n) is 8.08. The van der Waals surface area contributed by atoms with Crippen LogP contribution in [0.4, 0.5) is 5.69 Å². The molecule has 1 aromatic rings. The van der Waals surface area contributed by atoms with E-state index in [9.17, 15) is 9.90 Å². The summed E-state index contributed by atoms with van der Waals surface area (Å²) in [5, 5.41) is 14.1. The Morgan fingerprint density at radius 2 is 2.00 bits per heavy atom. The van der Waals surface area contributed by atoms with Gasteiger partial charge in [0.1, 0.15) is 11.7 Å². The van der Waals surface area contributed by atoms with Gasteiger partial charge in [0.2, 0.25) is 5.91 Å². The highest BCUT2D eigenvalue weighted by atomic mass is 16.5. The minimum atomic E-state index is -0.951. The SMILES string of the molecule is CC1=C[C@]2(C)O[C@@H]3C(O)N(c4ccc(C)cc4)C(=O)[C@@H]3[C@@H]2NC1. The van der Waals surface area contributed by atoms with Crippen LogP contribution in [0.1, 0.15) is 19.4 Å². The van der Waals surface area contributed by atoms with Crippen molar-refractivity contribution >= 4 is 11.6 Å². The lowest BCUT2D eigenvalue weighted by atomic mass is 9.84. The molecule has 0 spiro atoms. The Morgan fingerprint density at radius 3 is 2.70 bits per heavy atom. The molecule has 5 heteroatoms. The lowest BCUT2D eigenvalue weighted by Crippen LogP contribution is -2.54. The molecule has 2 fully saturated rings. The van der Waals surface area contributed by atoms with E-state index in [2.05, 4.69) is 11.4 Å². The zero-order chi connectivity index (χ0) is 16.4. The van der Waals surface area contributed by atoms with E-state index < -0.39 is 17.9 Å². The number of carbonyl (C=O) groups is 1. The molecule has 3 aliphatic heterocycles. The topological polar surface area (TPSA) is 61.8 Å². The monoisotopic (exact) mass is 314 g/mol. The summed E-state index contributed by atoms with van der Waals surface area (Å²) in [5.74, 6) is -0.429. The number of rotatable bonds is 1. The number of hydrogen-bond acceptors (Lipinski definition) is 4. The Kier molecular flexibility index (Phi) is 3.17. The summed E-state index contributed by atoms with van der Waals surface area (Å²) >= 11 is 0. The quantitative estimate of drug-likeness (QED) is 0.768. The molecule has 2 saturated heterocycles. The molecule has 4 rings (SSSR count). The molecule has 2 N–H and O–H groups in total. The highest BCUT2D eigenvalue weighted by Crippen LogP contribution is 2.46. The number of hydrogen-bond donors (Lipinski definition) is 2. The molecule has 5 nitrogen and oxygen atoms in total. The maximum absolute atomic E-state index is 13.0. The van der Waals surface area contributed by atoms with E-state index in [1.54, 1.807) is 0 Å². The van der Waals surface area contributed by atoms with E-state index in [1.165, 1.54) is 10.5 Å². The summed E-state index contributed by atoms with van der Waals surface area (Å²) in [6.45, 7) is 6.78. The predicted molar refractivity (Wildman–Crippen MR) is 87.0 cm³/mol. The van der Waals surface area contributed by atoms with Gasteiger partial charge in [-0.2, -0.15) is 0 Å². The fourth-order valence-electron chi connectivity index (χ4n) is 4.20. The second-order valence-electron chi connectivity index (χ2n) is 7.10. The van der Waals surface area contributed by atoms with Gasteiger partial charge in [-0.3, -0.25) is 9.69 Å². The Labute approximate surface area is 135 Å². The normalized spacial score (nSPS) is 39.2.